The maximum absolute atomic E-state index is 11.2. The summed E-state index contributed by atoms with van der Waals surface area (Å²) in [5.41, 5.74) is 0.671. The predicted molar refractivity (Wildman–Crippen MR) is 46.4 cm³/mol. The molecule has 1 fully saturated rings. The van der Waals surface area contributed by atoms with E-state index in [9.17, 15) is 9.90 Å². The Labute approximate surface area is 76.0 Å². The molecular formula is C10H10O3. The van der Waals surface area contributed by atoms with Crippen molar-refractivity contribution in [2.75, 3.05) is 6.61 Å². The first kappa shape index (κ1) is 8.10. The van der Waals surface area contributed by atoms with Crippen molar-refractivity contribution in [1.82, 2.24) is 0 Å². The van der Waals surface area contributed by atoms with Crippen molar-refractivity contribution < 1.29 is 14.6 Å². The van der Waals surface area contributed by atoms with Gasteiger partial charge in [-0.25, -0.2) is 0 Å². The van der Waals surface area contributed by atoms with Gasteiger partial charge < -0.3 is 9.84 Å². The van der Waals surface area contributed by atoms with Gasteiger partial charge in [0.15, 0.2) is 0 Å². The van der Waals surface area contributed by atoms with Crippen molar-refractivity contribution in [3.8, 4) is 5.75 Å². The van der Waals surface area contributed by atoms with E-state index in [0.717, 1.165) is 0 Å². The number of para-hydroxylation sites is 1. The SMILES string of the molecule is O=C1OCCC1c1ccccc1O. The van der Waals surface area contributed by atoms with Crippen molar-refractivity contribution in [2.24, 2.45) is 0 Å². The first-order valence-corrected chi connectivity index (χ1v) is 4.23. The smallest absolute Gasteiger partial charge is 0.313 e. The van der Waals surface area contributed by atoms with Crippen molar-refractivity contribution in [3.63, 3.8) is 0 Å². The van der Waals surface area contributed by atoms with Crippen LogP contribution in [0.1, 0.15) is 17.9 Å². The molecule has 1 aliphatic rings. The minimum Gasteiger partial charge on any atom is -0.508 e. The largest absolute Gasteiger partial charge is 0.508 e. The highest BCUT2D eigenvalue weighted by atomic mass is 16.5. The fourth-order valence-corrected chi connectivity index (χ4v) is 1.56. The number of phenolic OH excluding ortho intramolecular Hbond substituents is 1. The van der Waals surface area contributed by atoms with E-state index in [0.29, 0.717) is 18.6 Å². The molecule has 1 unspecified atom stereocenters. The Morgan fingerprint density at radius 2 is 2.15 bits per heavy atom. The molecule has 0 spiro atoms. The van der Waals surface area contributed by atoms with E-state index >= 15 is 0 Å². The molecule has 0 aliphatic carbocycles. The van der Waals surface area contributed by atoms with Crippen molar-refractivity contribution >= 4 is 5.97 Å². The molecule has 1 N–H and O–H groups in total. The molecule has 2 rings (SSSR count). The van der Waals surface area contributed by atoms with Gasteiger partial charge in [-0.05, 0) is 12.5 Å². The average Bonchev–Trinajstić information content (AvgIpc) is 2.52. The maximum atomic E-state index is 11.2. The number of benzene rings is 1. The molecule has 3 heteroatoms. The minimum absolute atomic E-state index is 0.173. The molecule has 1 heterocycles. The minimum atomic E-state index is -0.277. The van der Waals surface area contributed by atoms with Gasteiger partial charge in [-0.3, -0.25) is 4.79 Å². The third kappa shape index (κ3) is 1.37. The molecule has 1 saturated heterocycles. The van der Waals surface area contributed by atoms with Gasteiger partial charge in [0, 0.05) is 5.56 Å². The lowest BCUT2D eigenvalue weighted by Crippen LogP contribution is -2.05. The summed E-state index contributed by atoms with van der Waals surface area (Å²) in [5, 5.41) is 9.48. The van der Waals surface area contributed by atoms with E-state index in [4.69, 9.17) is 4.74 Å². The number of phenols is 1. The molecule has 1 atom stereocenters. The standard InChI is InChI=1S/C10H10O3/c11-9-4-2-1-3-7(9)8-5-6-13-10(8)12/h1-4,8,11H,5-6H2. The molecule has 0 aromatic heterocycles. The van der Waals surface area contributed by atoms with Crippen LogP contribution in [0.4, 0.5) is 0 Å². The molecule has 3 nitrogen and oxygen atoms in total. The molecule has 0 bridgehead atoms. The van der Waals surface area contributed by atoms with Crippen LogP contribution in [0, 0.1) is 0 Å². The average molecular weight is 178 g/mol. The lowest BCUT2D eigenvalue weighted by Gasteiger charge is -2.07. The Hall–Kier alpha value is -1.51. The number of cyclic esters (lactones) is 1. The number of hydrogen-bond acceptors (Lipinski definition) is 3. The van der Waals surface area contributed by atoms with Crippen LogP contribution in [0.5, 0.6) is 5.75 Å². The van der Waals surface area contributed by atoms with Gasteiger partial charge in [0.25, 0.3) is 0 Å². The monoisotopic (exact) mass is 178 g/mol. The van der Waals surface area contributed by atoms with Crippen LogP contribution in [0.3, 0.4) is 0 Å². The lowest BCUT2D eigenvalue weighted by atomic mass is 9.97. The molecule has 13 heavy (non-hydrogen) atoms. The fraction of sp³-hybridized carbons (Fsp3) is 0.300. The third-order valence-electron chi connectivity index (χ3n) is 2.25. The van der Waals surface area contributed by atoms with E-state index in [1.165, 1.54) is 0 Å². The number of esters is 1. The zero-order valence-corrected chi connectivity index (χ0v) is 7.06. The first-order valence-electron chi connectivity index (χ1n) is 4.23. The zero-order chi connectivity index (χ0) is 9.26. The number of rotatable bonds is 1. The fourth-order valence-electron chi connectivity index (χ4n) is 1.56. The van der Waals surface area contributed by atoms with Crippen LogP contribution in [-0.2, 0) is 9.53 Å². The van der Waals surface area contributed by atoms with Gasteiger partial charge in [0.2, 0.25) is 0 Å². The highest BCUT2D eigenvalue weighted by Crippen LogP contribution is 2.32. The van der Waals surface area contributed by atoms with E-state index in [2.05, 4.69) is 0 Å². The Balaban J connectivity index is 2.34. The molecule has 68 valence electrons. The molecule has 0 saturated carbocycles. The van der Waals surface area contributed by atoms with Crippen molar-refractivity contribution in [2.45, 2.75) is 12.3 Å². The highest BCUT2D eigenvalue weighted by molar-refractivity contribution is 5.80. The summed E-state index contributed by atoms with van der Waals surface area (Å²) in [6.07, 6.45) is 0.663. The van der Waals surface area contributed by atoms with Gasteiger partial charge in [-0.1, -0.05) is 18.2 Å². The van der Waals surface area contributed by atoms with Gasteiger partial charge in [-0.2, -0.15) is 0 Å². The summed E-state index contributed by atoms with van der Waals surface area (Å²) in [6.45, 7) is 0.456. The predicted octanol–water partition coefficient (Wildman–Crippen LogP) is 1.42. The molecule has 0 radical (unpaired) electrons. The van der Waals surface area contributed by atoms with Crippen LogP contribution >= 0.6 is 0 Å². The summed E-state index contributed by atoms with van der Waals surface area (Å²) < 4.78 is 4.82. The number of hydrogen-bond donors (Lipinski definition) is 1. The van der Waals surface area contributed by atoms with Crippen LogP contribution in [-0.4, -0.2) is 17.7 Å². The van der Waals surface area contributed by atoms with Crippen LogP contribution in [0.15, 0.2) is 24.3 Å². The molecular weight excluding hydrogens is 168 g/mol. The Morgan fingerprint density at radius 3 is 2.77 bits per heavy atom. The van der Waals surface area contributed by atoms with Crippen LogP contribution in [0.25, 0.3) is 0 Å². The molecule has 1 aromatic rings. The summed E-state index contributed by atoms with van der Waals surface area (Å²) in [4.78, 5) is 11.2. The van der Waals surface area contributed by atoms with Gasteiger partial charge in [-0.15, -0.1) is 0 Å². The van der Waals surface area contributed by atoms with E-state index < -0.39 is 0 Å². The molecule has 0 amide bonds. The third-order valence-corrected chi connectivity index (χ3v) is 2.25. The number of carbonyl (C=O) groups excluding carboxylic acids is 1. The van der Waals surface area contributed by atoms with Crippen LogP contribution < -0.4 is 0 Å². The topological polar surface area (TPSA) is 46.5 Å². The second-order valence-electron chi connectivity index (χ2n) is 3.07. The second-order valence-corrected chi connectivity index (χ2v) is 3.07. The summed E-state index contributed by atoms with van der Waals surface area (Å²) >= 11 is 0. The van der Waals surface area contributed by atoms with E-state index in [1.54, 1.807) is 24.3 Å². The van der Waals surface area contributed by atoms with Crippen molar-refractivity contribution in [3.05, 3.63) is 29.8 Å². The quantitative estimate of drug-likeness (QED) is 0.661. The maximum Gasteiger partial charge on any atom is 0.313 e. The summed E-state index contributed by atoms with van der Waals surface area (Å²) in [5.74, 6) is -0.339. The number of carbonyl (C=O) groups is 1. The van der Waals surface area contributed by atoms with E-state index in [1.807, 2.05) is 0 Å². The zero-order valence-electron chi connectivity index (χ0n) is 7.06. The van der Waals surface area contributed by atoms with Crippen molar-refractivity contribution in [1.29, 1.82) is 0 Å². The van der Waals surface area contributed by atoms with Gasteiger partial charge in [0.05, 0.1) is 12.5 Å². The number of ether oxygens (including phenoxy) is 1. The van der Waals surface area contributed by atoms with Crippen LogP contribution in [0.2, 0.25) is 0 Å². The highest BCUT2D eigenvalue weighted by Gasteiger charge is 2.29. The molecule has 1 aliphatic heterocycles. The van der Waals surface area contributed by atoms with Gasteiger partial charge >= 0.3 is 5.97 Å². The Bertz CT molecular complexity index is 333. The Kier molecular flexibility index (Phi) is 1.93. The number of aromatic hydroxyl groups is 1. The normalized spacial score (nSPS) is 21.5. The lowest BCUT2D eigenvalue weighted by molar-refractivity contribution is -0.139. The van der Waals surface area contributed by atoms with Gasteiger partial charge in [0.1, 0.15) is 5.75 Å². The summed E-state index contributed by atoms with van der Waals surface area (Å²) in [6, 6.07) is 6.88. The van der Waals surface area contributed by atoms with E-state index in [-0.39, 0.29) is 17.6 Å². The molecule has 1 aromatic carbocycles. The first-order chi connectivity index (χ1) is 6.29. The summed E-state index contributed by atoms with van der Waals surface area (Å²) in [7, 11) is 0. The second kappa shape index (κ2) is 3.09. The Morgan fingerprint density at radius 1 is 1.38 bits per heavy atom.